The Morgan fingerprint density at radius 1 is 1.29 bits per heavy atom. The molecule has 21 heavy (non-hydrogen) atoms. The predicted molar refractivity (Wildman–Crippen MR) is 81.3 cm³/mol. The first-order valence-electron chi connectivity index (χ1n) is 7.00. The van der Waals surface area contributed by atoms with Gasteiger partial charge in [-0.25, -0.2) is 0 Å². The molecular weight excluding hydrogens is 266 g/mol. The number of nitrogens with zero attached hydrogens (tertiary/aromatic N) is 2. The van der Waals surface area contributed by atoms with E-state index in [1.807, 2.05) is 26.0 Å². The van der Waals surface area contributed by atoms with Crippen LogP contribution in [-0.4, -0.2) is 21.5 Å². The fourth-order valence-electron chi connectivity index (χ4n) is 1.88. The molecule has 0 spiro atoms. The summed E-state index contributed by atoms with van der Waals surface area (Å²) < 4.78 is 1.53. The van der Waals surface area contributed by atoms with E-state index < -0.39 is 0 Å². The van der Waals surface area contributed by atoms with E-state index >= 15 is 0 Å². The second kappa shape index (κ2) is 6.83. The Morgan fingerprint density at radius 2 is 2.00 bits per heavy atom. The Balaban J connectivity index is 2.21. The zero-order valence-electron chi connectivity index (χ0n) is 12.2. The summed E-state index contributed by atoms with van der Waals surface area (Å²) in [5.41, 5.74) is 1.32. The van der Waals surface area contributed by atoms with Crippen LogP contribution in [0, 0.1) is 0 Å². The van der Waals surface area contributed by atoms with Crippen molar-refractivity contribution in [2.24, 2.45) is 0 Å². The lowest BCUT2D eigenvalue weighted by atomic mass is 10.2. The fourth-order valence-corrected chi connectivity index (χ4v) is 1.88. The van der Waals surface area contributed by atoms with Gasteiger partial charge in [-0.3, -0.25) is 14.6 Å². The molecule has 0 saturated heterocycles. The van der Waals surface area contributed by atoms with Gasteiger partial charge >= 0.3 is 0 Å². The highest BCUT2D eigenvalue weighted by Crippen LogP contribution is 2.02. The van der Waals surface area contributed by atoms with Crippen LogP contribution in [0.2, 0.25) is 0 Å². The normalized spacial score (nSPS) is 11.9. The number of carbonyl (C=O) groups is 1. The first-order chi connectivity index (χ1) is 10.1. The molecule has 2 rings (SSSR count). The molecule has 0 aromatic carbocycles. The van der Waals surface area contributed by atoms with E-state index in [9.17, 15) is 9.59 Å². The topological polar surface area (TPSA) is 64.0 Å². The van der Waals surface area contributed by atoms with Crippen LogP contribution in [0.4, 0.5) is 0 Å². The van der Waals surface area contributed by atoms with Crippen molar-refractivity contribution in [2.45, 2.75) is 32.9 Å². The molecule has 0 fully saturated rings. The molecule has 2 aromatic heterocycles. The maximum atomic E-state index is 12.1. The summed E-state index contributed by atoms with van der Waals surface area (Å²) in [5, 5.41) is 2.89. The van der Waals surface area contributed by atoms with Gasteiger partial charge in [0.05, 0.1) is 12.1 Å². The third kappa shape index (κ3) is 4.02. The van der Waals surface area contributed by atoms with Crippen LogP contribution in [0.3, 0.4) is 0 Å². The molecule has 5 nitrogen and oxygen atoms in total. The monoisotopic (exact) mass is 285 g/mol. The van der Waals surface area contributed by atoms with Gasteiger partial charge in [0, 0.05) is 30.7 Å². The minimum Gasteiger partial charge on any atom is -0.350 e. The van der Waals surface area contributed by atoms with E-state index in [0.29, 0.717) is 12.1 Å². The molecule has 1 unspecified atom stereocenters. The van der Waals surface area contributed by atoms with Crippen molar-refractivity contribution in [3.05, 3.63) is 64.3 Å². The maximum Gasteiger partial charge on any atom is 0.252 e. The minimum absolute atomic E-state index is 0.109. The average Bonchev–Trinajstić information content (AvgIpc) is 2.50. The molecule has 0 radical (unpaired) electrons. The quantitative estimate of drug-likeness (QED) is 0.911. The Kier molecular flexibility index (Phi) is 4.87. The summed E-state index contributed by atoms with van der Waals surface area (Å²) in [5.74, 6) is -0.159. The Hall–Kier alpha value is -2.43. The van der Waals surface area contributed by atoms with Crippen molar-refractivity contribution in [3.63, 3.8) is 0 Å². The van der Waals surface area contributed by atoms with Gasteiger partial charge in [-0.05, 0) is 37.1 Å². The largest absolute Gasteiger partial charge is 0.350 e. The molecule has 110 valence electrons. The molecule has 2 heterocycles. The van der Waals surface area contributed by atoms with E-state index in [4.69, 9.17) is 0 Å². The van der Waals surface area contributed by atoms with Crippen LogP contribution >= 0.6 is 0 Å². The number of nitrogens with one attached hydrogen (secondary N) is 1. The van der Waals surface area contributed by atoms with E-state index in [-0.39, 0.29) is 17.5 Å². The second-order valence-electron chi connectivity index (χ2n) is 5.02. The maximum absolute atomic E-state index is 12.1. The van der Waals surface area contributed by atoms with Gasteiger partial charge in [0.25, 0.3) is 11.5 Å². The van der Waals surface area contributed by atoms with Crippen LogP contribution < -0.4 is 10.9 Å². The molecular formula is C16H19N3O2. The van der Waals surface area contributed by atoms with Gasteiger partial charge in [-0.1, -0.05) is 6.92 Å². The Bertz CT molecular complexity index is 665. The lowest BCUT2D eigenvalue weighted by Gasteiger charge is -2.12. The van der Waals surface area contributed by atoms with E-state index in [1.54, 1.807) is 24.7 Å². The van der Waals surface area contributed by atoms with Crippen LogP contribution in [-0.2, 0) is 6.54 Å². The van der Waals surface area contributed by atoms with Crippen LogP contribution in [0.5, 0.6) is 0 Å². The van der Waals surface area contributed by atoms with Crippen molar-refractivity contribution in [1.29, 1.82) is 0 Å². The molecule has 5 heteroatoms. The number of amides is 1. The smallest absolute Gasteiger partial charge is 0.252 e. The van der Waals surface area contributed by atoms with E-state index in [1.165, 1.54) is 10.6 Å². The molecule has 1 N–H and O–H groups in total. The number of rotatable bonds is 5. The number of aromatic nitrogens is 2. The SMILES string of the molecule is CCC(C)NC(=O)c1ccc(=O)n(Cc2ccncc2)c1. The Morgan fingerprint density at radius 3 is 2.67 bits per heavy atom. The summed E-state index contributed by atoms with van der Waals surface area (Å²) in [7, 11) is 0. The molecule has 0 aliphatic carbocycles. The molecule has 0 saturated carbocycles. The second-order valence-corrected chi connectivity index (χ2v) is 5.02. The first-order valence-corrected chi connectivity index (χ1v) is 7.00. The number of carbonyl (C=O) groups excluding carboxylic acids is 1. The van der Waals surface area contributed by atoms with Crippen LogP contribution in [0.25, 0.3) is 0 Å². The van der Waals surface area contributed by atoms with Gasteiger partial charge < -0.3 is 9.88 Å². The minimum atomic E-state index is -0.159. The third-order valence-corrected chi connectivity index (χ3v) is 3.34. The van der Waals surface area contributed by atoms with Crippen LogP contribution in [0.1, 0.15) is 36.2 Å². The molecule has 0 aliphatic heterocycles. The zero-order chi connectivity index (χ0) is 15.2. The van der Waals surface area contributed by atoms with Crippen molar-refractivity contribution >= 4 is 5.91 Å². The van der Waals surface area contributed by atoms with E-state index in [0.717, 1.165) is 12.0 Å². The van der Waals surface area contributed by atoms with Gasteiger partial charge in [-0.15, -0.1) is 0 Å². The van der Waals surface area contributed by atoms with Crippen molar-refractivity contribution in [3.8, 4) is 0 Å². The average molecular weight is 285 g/mol. The van der Waals surface area contributed by atoms with Crippen LogP contribution in [0.15, 0.2) is 47.7 Å². The zero-order valence-corrected chi connectivity index (χ0v) is 12.2. The van der Waals surface area contributed by atoms with E-state index in [2.05, 4.69) is 10.3 Å². The molecule has 1 atom stereocenters. The third-order valence-electron chi connectivity index (χ3n) is 3.34. The first kappa shape index (κ1) is 15.0. The van der Waals surface area contributed by atoms with Crippen molar-refractivity contribution in [1.82, 2.24) is 14.9 Å². The van der Waals surface area contributed by atoms with Gasteiger partial charge in [0.1, 0.15) is 0 Å². The predicted octanol–water partition coefficient (Wildman–Crippen LogP) is 1.82. The van der Waals surface area contributed by atoms with Gasteiger partial charge in [-0.2, -0.15) is 0 Å². The highest BCUT2D eigenvalue weighted by molar-refractivity contribution is 5.94. The van der Waals surface area contributed by atoms with Gasteiger partial charge in [0.15, 0.2) is 0 Å². The van der Waals surface area contributed by atoms with Crippen molar-refractivity contribution < 1.29 is 4.79 Å². The molecule has 2 aromatic rings. The fraction of sp³-hybridized carbons (Fsp3) is 0.312. The summed E-state index contributed by atoms with van der Waals surface area (Å²) in [6, 6.07) is 6.78. The highest BCUT2D eigenvalue weighted by atomic mass is 16.2. The number of hydrogen-bond donors (Lipinski definition) is 1. The Labute approximate surface area is 123 Å². The highest BCUT2D eigenvalue weighted by Gasteiger charge is 2.10. The summed E-state index contributed by atoms with van der Waals surface area (Å²) >= 11 is 0. The standard InChI is InChI=1S/C16H19N3O2/c1-3-12(2)18-16(21)14-4-5-15(20)19(11-14)10-13-6-8-17-9-7-13/h4-9,11-12H,3,10H2,1-2H3,(H,18,21). The number of pyridine rings is 2. The lowest BCUT2D eigenvalue weighted by molar-refractivity contribution is 0.0938. The molecule has 0 aliphatic rings. The molecule has 1 amide bonds. The summed E-state index contributed by atoms with van der Waals surface area (Å²) in [6.07, 6.45) is 5.82. The summed E-state index contributed by atoms with van der Waals surface area (Å²) in [6.45, 7) is 4.38. The number of hydrogen-bond acceptors (Lipinski definition) is 3. The van der Waals surface area contributed by atoms with Gasteiger partial charge in [0.2, 0.25) is 0 Å². The molecule has 0 bridgehead atoms. The summed E-state index contributed by atoms with van der Waals surface area (Å²) in [4.78, 5) is 27.9. The van der Waals surface area contributed by atoms with Crippen molar-refractivity contribution in [2.75, 3.05) is 0 Å². The lowest BCUT2D eigenvalue weighted by Crippen LogP contribution is -2.33.